The van der Waals surface area contributed by atoms with Crippen LogP contribution in [0.3, 0.4) is 0 Å². The Morgan fingerprint density at radius 3 is 2.20 bits per heavy atom. The molecule has 0 aromatic heterocycles. The third-order valence-electron chi connectivity index (χ3n) is 6.34. The number of urea groups is 1. The number of rotatable bonds is 11. The van der Waals surface area contributed by atoms with Gasteiger partial charge in [-0.1, -0.05) is 26.0 Å². The number of hydrogen-bond acceptors (Lipinski definition) is 5. The summed E-state index contributed by atoms with van der Waals surface area (Å²) in [6, 6.07) is 11.3. The van der Waals surface area contributed by atoms with Crippen molar-refractivity contribution < 1.29 is 37.4 Å². The predicted molar refractivity (Wildman–Crippen MR) is 147 cm³/mol. The second-order valence-corrected chi connectivity index (χ2v) is 11.7. The standard InChI is InChI=1S/C28H34F3N3O5S/c1-18(2)40-24-13-9-22(10-14-24)34(27(38)33-21-7-11-23(12-8-21)39-28(29,30)31)17-19-3-5-20(6-4-19)26(37)32-16-15-25(35)36/h3-8,11-12,18,22,24H,9-10,13-17H2,1-2H3,(H,32,37)(H,33,38)(H,35,36). The highest BCUT2D eigenvalue weighted by molar-refractivity contribution is 8.00. The monoisotopic (exact) mass is 581 g/mol. The van der Waals surface area contributed by atoms with Crippen molar-refractivity contribution in [2.24, 2.45) is 0 Å². The molecule has 218 valence electrons. The summed E-state index contributed by atoms with van der Waals surface area (Å²) in [7, 11) is 0. The van der Waals surface area contributed by atoms with Crippen molar-refractivity contribution in [3.63, 3.8) is 0 Å². The zero-order valence-electron chi connectivity index (χ0n) is 22.4. The smallest absolute Gasteiger partial charge is 0.481 e. The van der Waals surface area contributed by atoms with Gasteiger partial charge in [-0.05, 0) is 72.9 Å². The number of carbonyl (C=O) groups is 3. The Balaban J connectivity index is 1.70. The van der Waals surface area contributed by atoms with Gasteiger partial charge in [-0.15, -0.1) is 13.2 Å². The highest BCUT2D eigenvalue weighted by atomic mass is 32.2. The van der Waals surface area contributed by atoms with Gasteiger partial charge in [0.15, 0.2) is 0 Å². The summed E-state index contributed by atoms with van der Waals surface area (Å²) in [5.41, 5.74) is 1.50. The molecule has 1 aliphatic rings. The van der Waals surface area contributed by atoms with Crippen LogP contribution in [0.25, 0.3) is 0 Å². The molecule has 0 aliphatic heterocycles. The maximum atomic E-state index is 13.4. The summed E-state index contributed by atoms with van der Waals surface area (Å²) in [6.45, 7) is 4.62. The third-order valence-corrected chi connectivity index (χ3v) is 7.74. The number of nitrogens with zero attached hydrogens (tertiary/aromatic N) is 1. The van der Waals surface area contributed by atoms with Crippen LogP contribution in [-0.4, -0.2) is 57.4 Å². The lowest BCUT2D eigenvalue weighted by molar-refractivity contribution is -0.274. The van der Waals surface area contributed by atoms with E-state index in [0.29, 0.717) is 21.8 Å². The minimum atomic E-state index is -4.80. The van der Waals surface area contributed by atoms with Crippen molar-refractivity contribution in [2.75, 3.05) is 11.9 Å². The van der Waals surface area contributed by atoms with Gasteiger partial charge in [0.25, 0.3) is 5.91 Å². The first kappa shape index (κ1) is 31.1. The second kappa shape index (κ2) is 14.3. The lowest BCUT2D eigenvalue weighted by Crippen LogP contribution is -2.44. The summed E-state index contributed by atoms with van der Waals surface area (Å²) in [5, 5.41) is 15.1. The first-order valence-electron chi connectivity index (χ1n) is 13.1. The Morgan fingerprint density at radius 2 is 1.65 bits per heavy atom. The summed E-state index contributed by atoms with van der Waals surface area (Å²) in [5.74, 6) is -1.77. The number of alkyl halides is 3. The summed E-state index contributed by atoms with van der Waals surface area (Å²) < 4.78 is 41.3. The molecule has 3 rings (SSSR count). The van der Waals surface area contributed by atoms with E-state index in [-0.39, 0.29) is 43.2 Å². The summed E-state index contributed by atoms with van der Waals surface area (Å²) in [6.07, 6.45) is -1.40. The van der Waals surface area contributed by atoms with Gasteiger partial charge in [0.1, 0.15) is 5.75 Å². The number of carboxylic acids is 1. The predicted octanol–water partition coefficient (Wildman–Crippen LogP) is 6.28. The van der Waals surface area contributed by atoms with E-state index in [1.165, 1.54) is 12.1 Å². The molecule has 8 nitrogen and oxygen atoms in total. The molecule has 2 aromatic rings. The first-order valence-corrected chi connectivity index (χ1v) is 14.0. The van der Waals surface area contributed by atoms with Crippen LogP contribution in [0, 0.1) is 0 Å². The number of nitrogens with one attached hydrogen (secondary N) is 2. The molecule has 0 spiro atoms. The van der Waals surface area contributed by atoms with E-state index in [1.807, 2.05) is 11.8 Å². The Morgan fingerprint density at radius 1 is 1.02 bits per heavy atom. The minimum absolute atomic E-state index is 0.0188. The maximum Gasteiger partial charge on any atom is 0.573 e. The van der Waals surface area contributed by atoms with Crippen molar-refractivity contribution in [1.82, 2.24) is 10.2 Å². The largest absolute Gasteiger partial charge is 0.573 e. The topological polar surface area (TPSA) is 108 Å². The van der Waals surface area contributed by atoms with Crippen LogP contribution < -0.4 is 15.4 Å². The zero-order chi connectivity index (χ0) is 29.3. The molecule has 0 saturated heterocycles. The number of halogens is 3. The molecular weight excluding hydrogens is 547 g/mol. The molecule has 1 aliphatic carbocycles. The highest BCUT2D eigenvalue weighted by Gasteiger charge is 2.32. The number of amides is 3. The fourth-order valence-corrected chi connectivity index (χ4v) is 5.84. The number of carboxylic acid groups (broad SMARTS) is 1. The van der Waals surface area contributed by atoms with Gasteiger partial charge < -0.3 is 25.4 Å². The van der Waals surface area contributed by atoms with E-state index >= 15 is 0 Å². The molecule has 0 atom stereocenters. The summed E-state index contributed by atoms with van der Waals surface area (Å²) in [4.78, 5) is 38.1. The molecule has 2 aromatic carbocycles. The quantitative estimate of drug-likeness (QED) is 0.289. The van der Waals surface area contributed by atoms with E-state index < -0.39 is 12.3 Å². The molecule has 12 heteroatoms. The number of anilines is 1. The molecule has 0 unspecified atom stereocenters. The van der Waals surface area contributed by atoms with Crippen LogP contribution in [0.2, 0.25) is 0 Å². The lowest BCUT2D eigenvalue weighted by Gasteiger charge is -2.37. The van der Waals surface area contributed by atoms with E-state index in [1.54, 1.807) is 29.2 Å². The van der Waals surface area contributed by atoms with Crippen LogP contribution in [-0.2, 0) is 11.3 Å². The number of hydrogen-bond donors (Lipinski definition) is 3. The molecule has 0 heterocycles. The SMILES string of the molecule is CC(C)SC1CCC(N(Cc2ccc(C(=O)NCCC(=O)O)cc2)C(=O)Nc2ccc(OC(F)(F)F)cc2)CC1. The van der Waals surface area contributed by atoms with E-state index in [2.05, 4.69) is 29.2 Å². The van der Waals surface area contributed by atoms with Gasteiger partial charge in [0.05, 0.1) is 6.42 Å². The van der Waals surface area contributed by atoms with Gasteiger partial charge in [0, 0.05) is 35.6 Å². The molecule has 3 N–H and O–H groups in total. The van der Waals surface area contributed by atoms with Gasteiger partial charge >= 0.3 is 18.4 Å². The van der Waals surface area contributed by atoms with E-state index in [9.17, 15) is 27.6 Å². The van der Waals surface area contributed by atoms with Crippen molar-refractivity contribution in [3.05, 3.63) is 59.7 Å². The van der Waals surface area contributed by atoms with Gasteiger partial charge in [-0.2, -0.15) is 11.8 Å². The van der Waals surface area contributed by atoms with Crippen LogP contribution in [0.5, 0.6) is 5.75 Å². The molecule has 3 amide bonds. The number of ether oxygens (including phenoxy) is 1. The van der Waals surface area contributed by atoms with Crippen molar-refractivity contribution in [3.8, 4) is 5.75 Å². The normalized spacial score (nSPS) is 17.2. The Kier molecular flexibility index (Phi) is 11.1. The van der Waals surface area contributed by atoms with Gasteiger partial charge in [-0.3, -0.25) is 9.59 Å². The van der Waals surface area contributed by atoms with Gasteiger partial charge in [-0.25, -0.2) is 4.79 Å². The Labute approximate surface area is 235 Å². The van der Waals surface area contributed by atoms with Crippen molar-refractivity contribution in [2.45, 2.75) is 75.4 Å². The van der Waals surface area contributed by atoms with Crippen LogP contribution in [0.15, 0.2) is 48.5 Å². The van der Waals surface area contributed by atoms with E-state index in [4.69, 9.17) is 5.11 Å². The fourth-order valence-electron chi connectivity index (χ4n) is 4.52. The maximum absolute atomic E-state index is 13.4. The molecule has 0 bridgehead atoms. The number of aliphatic carboxylic acids is 1. The van der Waals surface area contributed by atoms with E-state index in [0.717, 1.165) is 43.4 Å². The van der Waals surface area contributed by atoms with Crippen molar-refractivity contribution >= 4 is 35.4 Å². The fraction of sp³-hybridized carbons (Fsp3) is 0.464. The molecule has 1 fully saturated rings. The highest BCUT2D eigenvalue weighted by Crippen LogP contribution is 2.34. The van der Waals surface area contributed by atoms with Gasteiger partial charge in [0.2, 0.25) is 0 Å². The van der Waals surface area contributed by atoms with Crippen LogP contribution in [0.1, 0.15) is 61.9 Å². The third kappa shape index (κ3) is 10.3. The Bertz CT molecular complexity index is 1140. The first-order chi connectivity index (χ1) is 18.9. The average molecular weight is 582 g/mol. The molecule has 40 heavy (non-hydrogen) atoms. The second-order valence-electron chi connectivity index (χ2n) is 9.84. The number of thioether (sulfide) groups is 1. The lowest BCUT2D eigenvalue weighted by atomic mass is 9.93. The van der Waals surface area contributed by atoms with Crippen LogP contribution in [0.4, 0.5) is 23.7 Å². The number of benzene rings is 2. The number of carbonyl (C=O) groups excluding carboxylic acids is 2. The van der Waals surface area contributed by atoms with Crippen LogP contribution >= 0.6 is 11.8 Å². The molecule has 0 radical (unpaired) electrons. The average Bonchev–Trinajstić information content (AvgIpc) is 2.88. The summed E-state index contributed by atoms with van der Waals surface area (Å²) >= 11 is 1.94. The minimum Gasteiger partial charge on any atom is -0.481 e. The molecular formula is C28H34F3N3O5S. The van der Waals surface area contributed by atoms with Crippen molar-refractivity contribution in [1.29, 1.82) is 0 Å². The molecule has 1 saturated carbocycles. The zero-order valence-corrected chi connectivity index (χ0v) is 23.2. The Hall–Kier alpha value is -3.41.